The number of carbonyl (C=O) groups excluding carboxylic acids is 1. The molecule has 0 spiro atoms. The second-order valence-electron chi connectivity index (χ2n) is 5.96. The van der Waals surface area contributed by atoms with Gasteiger partial charge < -0.3 is 9.84 Å². The van der Waals surface area contributed by atoms with Crippen LogP contribution >= 0.6 is 0 Å². The van der Waals surface area contributed by atoms with Gasteiger partial charge in [0.2, 0.25) is 0 Å². The van der Waals surface area contributed by atoms with E-state index >= 15 is 0 Å². The zero-order chi connectivity index (χ0) is 17.1. The average Bonchev–Trinajstić information content (AvgIpc) is 3.01. The molecular weight excluding hydrogens is 302 g/mol. The maximum Gasteiger partial charge on any atom is 0.257 e. The van der Waals surface area contributed by atoms with Gasteiger partial charge in [0.15, 0.2) is 5.82 Å². The molecule has 0 unspecified atom stereocenters. The molecule has 0 saturated carbocycles. The van der Waals surface area contributed by atoms with Gasteiger partial charge >= 0.3 is 0 Å². The number of benzene rings is 2. The minimum atomic E-state index is -0.149. The SMILES string of the molecule is Cc1noc(-c2ccc(C(=O)Nc3cccc(C(C)C)c3)cc2)n1. The maximum atomic E-state index is 12.4. The molecule has 0 atom stereocenters. The first kappa shape index (κ1) is 15.9. The van der Waals surface area contributed by atoms with Crippen LogP contribution in [0.3, 0.4) is 0 Å². The minimum Gasteiger partial charge on any atom is -0.334 e. The van der Waals surface area contributed by atoms with Gasteiger partial charge in [0.25, 0.3) is 11.8 Å². The maximum absolute atomic E-state index is 12.4. The Labute approximate surface area is 140 Å². The lowest BCUT2D eigenvalue weighted by Crippen LogP contribution is -2.12. The van der Waals surface area contributed by atoms with Crippen molar-refractivity contribution < 1.29 is 9.32 Å². The van der Waals surface area contributed by atoms with Crippen molar-refractivity contribution in [2.75, 3.05) is 5.32 Å². The van der Waals surface area contributed by atoms with Crippen LogP contribution in [0.1, 0.15) is 41.5 Å². The molecule has 5 nitrogen and oxygen atoms in total. The smallest absolute Gasteiger partial charge is 0.257 e. The first-order chi connectivity index (χ1) is 11.5. The zero-order valence-electron chi connectivity index (χ0n) is 13.9. The third-order valence-corrected chi connectivity index (χ3v) is 3.73. The molecule has 0 fully saturated rings. The van der Waals surface area contributed by atoms with Gasteiger partial charge in [-0.2, -0.15) is 4.98 Å². The Hall–Kier alpha value is -2.95. The lowest BCUT2D eigenvalue weighted by atomic mass is 10.0. The van der Waals surface area contributed by atoms with Gasteiger partial charge in [0.1, 0.15) is 0 Å². The fourth-order valence-corrected chi connectivity index (χ4v) is 2.36. The average molecular weight is 321 g/mol. The van der Waals surface area contributed by atoms with E-state index in [0.717, 1.165) is 11.3 Å². The first-order valence-electron chi connectivity index (χ1n) is 7.85. The van der Waals surface area contributed by atoms with Gasteiger partial charge in [-0.15, -0.1) is 0 Å². The Morgan fingerprint density at radius 3 is 2.50 bits per heavy atom. The molecule has 0 saturated heterocycles. The summed E-state index contributed by atoms with van der Waals surface area (Å²) in [6.07, 6.45) is 0. The summed E-state index contributed by atoms with van der Waals surface area (Å²) in [5.74, 6) is 1.30. The van der Waals surface area contributed by atoms with E-state index in [2.05, 4.69) is 35.4 Å². The summed E-state index contributed by atoms with van der Waals surface area (Å²) in [7, 11) is 0. The largest absolute Gasteiger partial charge is 0.334 e. The molecule has 0 aliphatic carbocycles. The third kappa shape index (κ3) is 3.51. The number of amides is 1. The molecule has 1 amide bonds. The number of hydrogen-bond donors (Lipinski definition) is 1. The predicted molar refractivity (Wildman–Crippen MR) is 93.0 cm³/mol. The van der Waals surface area contributed by atoms with Gasteiger partial charge in [-0.05, 0) is 54.8 Å². The quantitative estimate of drug-likeness (QED) is 0.772. The van der Waals surface area contributed by atoms with Crippen molar-refractivity contribution in [3.63, 3.8) is 0 Å². The molecule has 24 heavy (non-hydrogen) atoms. The molecule has 3 aromatic rings. The van der Waals surface area contributed by atoms with E-state index in [9.17, 15) is 4.79 Å². The number of carbonyl (C=O) groups is 1. The molecule has 1 N–H and O–H groups in total. The minimum absolute atomic E-state index is 0.149. The van der Waals surface area contributed by atoms with Gasteiger partial charge in [-0.25, -0.2) is 0 Å². The number of nitrogens with zero attached hydrogens (tertiary/aromatic N) is 2. The van der Waals surface area contributed by atoms with Crippen LogP contribution in [-0.2, 0) is 0 Å². The normalized spacial score (nSPS) is 10.8. The number of hydrogen-bond acceptors (Lipinski definition) is 4. The Bertz CT molecular complexity index is 851. The topological polar surface area (TPSA) is 68.0 Å². The summed E-state index contributed by atoms with van der Waals surface area (Å²) in [5, 5.41) is 6.69. The highest BCUT2D eigenvalue weighted by Crippen LogP contribution is 2.20. The highest BCUT2D eigenvalue weighted by atomic mass is 16.5. The summed E-state index contributed by atoms with van der Waals surface area (Å²) >= 11 is 0. The number of rotatable bonds is 4. The molecule has 0 aliphatic heterocycles. The molecule has 122 valence electrons. The molecule has 1 aromatic heterocycles. The Balaban J connectivity index is 1.74. The van der Waals surface area contributed by atoms with E-state index in [4.69, 9.17) is 4.52 Å². The summed E-state index contributed by atoms with van der Waals surface area (Å²) in [5.41, 5.74) is 3.34. The summed E-state index contributed by atoms with van der Waals surface area (Å²) < 4.78 is 5.12. The van der Waals surface area contributed by atoms with Crippen molar-refractivity contribution in [2.24, 2.45) is 0 Å². The number of aromatic nitrogens is 2. The van der Waals surface area contributed by atoms with E-state index in [0.29, 0.717) is 23.2 Å². The van der Waals surface area contributed by atoms with Crippen LogP contribution in [0, 0.1) is 6.92 Å². The fraction of sp³-hybridized carbons (Fsp3) is 0.211. The molecule has 2 aromatic carbocycles. The highest BCUT2D eigenvalue weighted by Gasteiger charge is 2.10. The second kappa shape index (κ2) is 6.66. The van der Waals surface area contributed by atoms with E-state index in [-0.39, 0.29) is 5.91 Å². The number of nitrogens with one attached hydrogen (secondary N) is 1. The van der Waals surface area contributed by atoms with Crippen molar-refractivity contribution in [1.82, 2.24) is 10.1 Å². The first-order valence-corrected chi connectivity index (χ1v) is 7.85. The van der Waals surface area contributed by atoms with Crippen molar-refractivity contribution in [2.45, 2.75) is 26.7 Å². The zero-order valence-corrected chi connectivity index (χ0v) is 13.9. The van der Waals surface area contributed by atoms with Crippen molar-refractivity contribution in [3.8, 4) is 11.5 Å². The molecule has 0 radical (unpaired) electrons. The van der Waals surface area contributed by atoms with Crippen molar-refractivity contribution >= 4 is 11.6 Å². The van der Waals surface area contributed by atoms with Crippen molar-refractivity contribution in [3.05, 3.63) is 65.5 Å². The van der Waals surface area contributed by atoms with Crippen LogP contribution < -0.4 is 5.32 Å². The van der Waals surface area contributed by atoms with Crippen LogP contribution in [0.25, 0.3) is 11.5 Å². The molecule has 0 bridgehead atoms. The Morgan fingerprint density at radius 1 is 1.12 bits per heavy atom. The van der Waals surface area contributed by atoms with Gasteiger partial charge in [0, 0.05) is 16.8 Å². The van der Waals surface area contributed by atoms with Crippen LogP contribution in [0.15, 0.2) is 53.1 Å². The Kier molecular flexibility index (Phi) is 4.42. The molecule has 3 rings (SSSR count). The fourth-order valence-electron chi connectivity index (χ4n) is 2.36. The lowest BCUT2D eigenvalue weighted by molar-refractivity contribution is 0.102. The highest BCUT2D eigenvalue weighted by molar-refractivity contribution is 6.04. The molecule has 1 heterocycles. The van der Waals surface area contributed by atoms with Gasteiger partial charge in [-0.1, -0.05) is 31.1 Å². The molecular formula is C19H19N3O2. The van der Waals surface area contributed by atoms with Gasteiger partial charge in [0.05, 0.1) is 0 Å². The van der Waals surface area contributed by atoms with Crippen LogP contribution in [-0.4, -0.2) is 16.0 Å². The van der Waals surface area contributed by atoms with E-state index in [1.54, 1.807) is 31.2 Å². The Morgan fingerprint density at radius 2 is 1.88 bits per heavy atom. The monoisotopic (exact) mass is 321 g/mol. The van der Waals surface area contributed by atoms with E-state index in [1.165, 1.54) is 5.56 Å². The standard InChI is InChI=1S/C19H19N3O2/c1-12(2)16-5-4-6-17(11-16)21-18(23)14-7-9-15(10-8-14)19-20-13(3)22-24-19/h4-12H,1-3H3,(H,21,23). The van der Waals surface area contributed by atoms with Crippen molar-refractivity contribution in [1.29, 1.82) is 0 Å². The van der Waals surface area contributed by atoms with Crippen LogP contribution in [0.4, 0.5) is 5.69 Å². The lowest BCUT2D eigenvalue weighted by Gasteiger charge is -2.09. The molecule has 0 aliphatic rings. The van der Waals surface area contributed by atoms with E-state index < -0.39 is 0 Å². The summed E-state index contributed by atoms with van der Waals surface area (Å²) in [6, 6.07) is 15.0. The third-order valence-electron chi connectivity index (χ3n) is 3.73. The summed E-state index contributed by atoms with van der Waals surface area (Å²) in [6.45, 7) is 6.01. The number of anilines is 1. The van der Waals surface area contributed by atoms with E-state index in [1.807, 2.05) is 18.2 Å². The summed E-state index contributed by atoms with van der Waals surface area (Å²) in [4.78, 5) is 16.6. The van der Waals surface area contributed by atoms with Crippen LogP contribution in [0.2, 0.25) is 0 Å². The van der Waals surface area contributed by atoms with Crippen LogP contribution in [0.5, 0.6) is 0 Å². The number of aryl methyl sites for hydroxylation is 1. The predicted octanol–water partition coefficient (Wildman–Crippen LogP) is 4.42. The van der Waals surface area contributed by atoms with Gasteiger partial charge in [-0.3, -0.25) is 4.79 Å². The second-order valence-corrected chi connectivity index (χ2v) is 5.96. The molecule has 5 heteroatoms.